The van der Waals surface area contributed by atoms with Gasteiger partial charge >= 0.3 is 12.1 Å². The van der Waals surface area contributed by atoms with E-state index in [9.17, 15) is 46.8 Å². The Hall–Kier alpha value is -6.26. The quantitative estimate of drug-likeness (QED) is 0.0602. The molecule has 0 aliphatic carbocycles. The first-order chi connectivity index (χ1) is 33.9. The lowest BCUT2D eigenvalue weighted by atomic mass is 9.98. The summed E-state index contributed by atoms with van der Waals surface area (Å²) in [5.41, 5.74) is 7.81. The molecule has 1 aliphatic heterocycles. The zero-order valence-corrected chi connectivity index (χ0v) is 44.3. The van der Waals surface area contributed by atoms with Crippen molar-refractivity contribution in [1.82, 2.24) is 35.8 Å². The molecule has 0 saturated heterocycles. The van der Waals surface area contributed by atoms with Crippen LogP contribution in [0.25, 0.3) is 0 Å². The largest absolute Gasteiger partial charge is 0.444 e. The number of halogens is 1. The summed E-state index contributed by atoms with van der Waals surface area (Å²) in [7, 11) is 0.997. The van der Waals surface area contributed by atoms with Crippen molar-refractivity contribution in [2.45, 2.75) is 117 Å². The molecule has 2 aromatic rings. The number of anilines is 2. The predicted octanol–water partition coefficient (Wildman–Crippen LogP) is 3.67. The van der Waals surface area contributed by atoms with Crippen molar-refractivity contribution >= 4 is 80.6 Å². The van der Waals surface area contributed by atoms with Crippen LogP contribution in [0, 0.1) is 17.8 Å². The van der Waals surface area contributed by atoms with Gasteiger partial charge in [-0.05, 0) is 92.3 Å². The highest BCUT2D eigenvalue weighted by molar-refractivity contribution is 7.95. The molecular weight excluding hydrogens is 972 g/mol. The number of carbonyl (C=O) groups is 8. The van der Waals surface area contributed by atoms with Crippen LogP contribution in [0.2, 0.25) is 0 Å². The summed E-state index contributed by atoms with van der Waals surface area (Å²) >= 11 is 5.65. The van der Waals surface area contributed by atoms with Gasteiger partial charge in [0, 0.05) is 57.6 Å². The fourth-order valence-electron chi connectivity index (χ4n) is 7.78. The fraction of sp³-hybridized carbons (Fsp3) is 0.551. The minimum Gasteiger partial charge on any atom is -0.444 e. The topological polar surface area (TPSA) is 288 Å². The minimum absolute atomic E-state index is 0.0114. The van der Waals surface area contributed by atoms with Gasteiger partial charge in [-0.15, -0.1) is 0 Å². The molecule has 0 unspecified atom stereocenters. The fourth-order valence-corrected chi connectivity index (χ4v) is 9.24. The average molecular weight is 1050 g/mol. The number of primary amides is 1. The van der Waals surface area contributed by atoms with E-state index in [0.717, 1.165) is 11.6 Å². The van der Waals surface area contributed by atoms with Crippen molar-refractivity contribution in [3.05, 3.63) is 70.1 Å². The van der Waals surface area contributed by atoms with Crippen LogP contribution in [0.4, 0.5) is 21.0 Å². The molecule has 0 bridgehead atoms. The van der Waals surface area contributed by atoms with Crippen LogP contribution in [0.15, 0.2) is 59.0 Å². The third-order valence-electron chi connectivity index (χ3n) is 12.0. The van der Waals surface area contributed by atoms with Gasteiger partial charge in [-0.25, -0.2) is 22.3 Å². The molecule has 72 heavy (non-hydrogen) atoms. The zero-order valence-electron chi connectivity index (χ0n) is 42.7. The van der Waals surface area contributed by atoms with E-state index in [1.807, 2.05) is 51.8 Å². The Labute approximate surface area is 428 Å². The van der Waals surface area contributed by atoms with E-state index in [1.54, 1.807) is 64.3 Å². The summed E-state index contributed by atoms with van der Waals surface area (Å²) in [4.78, 5) is 105. The third-order valence-corrected chi connectivity index (χ3v) is 14.2. The molecule has 3 rings (SSSR count). The molecule has 0 spiro atoms. The van der Waals surface area contributed by atoms with Crippen molar-refractivity contribution in [3.63, 3.8) is 0 Å². The Balaban J connectivity index is 1.53. The number of hydrogen-bond acceptors (Lipinski definition) is 12. The number of nitrogens with zero attached hydrogens (tertiary/aromatic N) is 3. The van der Waals surface area contributed by atoms with Gasteiger partial charge in [0.25, 0.3) is 15.9 Å². The number of benzene rings is 2. The number of nitrogens with one attached hydrogen (secondary N) is 6. The second-order valence-corrected chi connectivity index (χ2v) is 21.2. The number of sulfonamides is 1. The van der Waals surface area contributed by atoms with Crippen LogP contribution in [0.3, 0.4) is 0 Å². The summed E-state index contributed by atoms with van der Waals surface area (Å²) in [6, 6.07) is 10.1. The first-order valence-electron chi connectivity index (χ1n) is 24.1. The van der Waals surface area contributed by atoms with E-state index in [-0.39, 0.29) is 68.5 Å². The number of ether oxygens (including phenoxy) is 1. The molecule has 0 saturated carbocycles. The first-order valence-corrected chi connectivity index (χ1v) is 25.9. The maximum absolute atomic E-state index is 13.6. The number of amides is 9. The third kappa shape index (κ3) is 18.4. The Bertz CT molecular complexity index is 2350. The molecule has 1 aliphatic rings. The maximum atomic E-state index is 13.6. The molecule has 4 atom stereocenters. The lowest BCUT2D eigenvalue weighted by Crippen LogP contribution is -2.56. The van der Waals surface area contributed by atoms with Crippen molar-refractivity contribution in [1.29, 1.82) is 0 Å². The van der Waals surface area contributed by atoms with Crippen molar-refractivity contribution in [2.24, 2.45) is 23.5 Å². The van der Waals surface area contributed by atoms with Gasteiger partial charge in [-0.2, -0.15) is 0 Å². The van der Waals surface area contributed by atoms with Crippen LogP contribution in [-0.4, -0.2) is 130 Å². The second-order valence-electron chi connectivity index (χ2n) is 18.7. The first kappa shape index (κ1) is 60.0. The van der Waals surface area contributed by atoms with E-state index >= 15 is 0 Å². The number of urea groups is 1. The van der Waals surface area contributed by atoms with Crippen LogP contribution >= 0.6 is 11.6 Å². The highest BCUT2D eigenvalue weighted by atomic mass is 35.5. The molecular formula is C49H73ClN10O11S. The highest BCUT2D eigenvalue weighted by Crippen LogP contribution is 2.25. The van der Waals surface area contributed by atoms with Gasteiger partial charge in [0.1, 0.15) is 24.7 Å². The lowest BCUT2D eigenvalue weighted by Gasteiger charge is -2.32. The van der Waals surface area contributed by atoms with Crippen LogP contribution in [0.5, 0.6) is 0 Å². The van der Waals surface area contributed by atoms with Gasteiger partial charge in [0.05, 0.1) is 6.04 Å². The normalized spacial score (nSPS) is 14.8. The number of hydrogen-bond donors (Lipinski definition) is 7. The highest BCUT2D eigenvalue weighted by Gasteiger charge is 2.36. The zero-order chi connectivity index (χ0) is 53.9. The summed E-state index contributed by atoms with van der Waals surface area (Å²) in [5, 5.41) is 16.2. The number of rotatable bonds is 28. The van der Waals surface area contributed by atoms with Crippen LogP contribution in [-0.2, 0) is 56.6 Å². The smallest absolute Gasteiger partial charge is 0.414 e. The minimum atomic E-state index is -4.02. The van der Waals surface area contributed by atoms with Crippen LogP contribution in [0.1, 0.15) is 91.2 Å². The Morgan fingerprint density at radius 2 is 1.36 bits per heavy atom. The standard InChI is InChI=1S/C49H73ClN10O11S/c1-30(2)41(45(64)52-7)57-47(66)43(32(5)6)58(8)27-24-33-18-22-36(23-19-33)59(9)49(68)71-29-34-16-20-35(21-17-34)54-44(63)37(14-13-25-53-48(51)67)55-46(65)42(31(3)4)56-39(61)15-11-10-12-26-60-40(62)28-38(50)72(60,69)70/h16-23,28,30-32,37,41-43H,10-15,24-27,29H2,1-9H3,(H,52,64)(H,54,63)(H,55,65)(H,56,61)(H,57,66)(H3,51,53,67)/t37-,41-,42-,43-/m0/s1. The lowest BCUT2D eigenvalue weighted by molar-refractivity contribution is -0.133. The van der Waals surface area contributed by atoms with E-state index in [1.165, 1.54) is 4.90 Å². The number of carbonyl (C=O) groups excluding carboxylic acids is 8. The predicted molar refractivity (Wildman–Crippen MR) is 274 cm³/mol. The summed E-state index contributed by atoms with van der Waals surface area (Å²) in [5.74, 6) is -3.25. The number of nitrogens with two attached hydrogens (primary N) is 1. The van der Waals surface area contributed by atoms with Gasteiger partial charge < -0.3 is 42.4 Å². The SMILES string of the molecule is CNC(=O)[C@@H](NC(=O)[C@H](C(C)C)N(C)CCc1ccc(N(C)C(=O)OCc2ccc(NC(=O)[C@H](CCCNC(N)=O)NC(=O)[C@@H](NC(=O)CCCCCN3C(=O)C=C(Cl)S3(=O)=O)C(C)C)cc2)cc1)C(C)C. The van der Waals surface area contributed by atoms with Gasteiger partial charge in [0.2, 0.25) is 29.5 Å². The molecule has 8 N–H and O–H groups in total. The van der Waals surface area contributed by atoms with Crippen LogP contribution < -0.4 is 42.5 Å². The van der Waals surface area contributed by atoms with Crippen molar-refractivity contribution in [2.75, 3.05) is 51.0 Å². The van der Waals surface area contributed by atoms with Gasteiger partial charge in [0.15, 0.2) is 4.36 Å². The molecule has 9 amide bonds. The molecule has 1 heterocycles. The summed E-state index contributed by atoms with van der Waals surface area (Å²) in [6.07, 6.45) is 2.34. The van der Waals surface area contributed by atoms with E-state index in [2.05, 4.69) is 31.9 Å². The van der Waals surface area contributed by atoms with Crippen molar-refractivity contribution < 1.29 is 51.5 Å². The Morgan fingerprint density at radius 3 is 1.92 bits per heavy atom. The molecule has 2 aromatic carbocycles. The molecule has 0 aromatic heterocycles. The summed E-state index contributed by atoms with van der Waals surface area (Å²) < 4.78 is 30.0. The molecule has 0 radical (unpaired) electrons. The average Bonchev–Trinajstić information content (AvgIpc) is 3.52. The van der Waals surface area contributed by atoms with E-state index in [0.29, 0.717) is 53.5 Å². The molecule has 398 valence electrons. The van der Waals surface area contributed by atoms with E-state index in [4.69, 9.17) is 22.1 Å². The van der Waals surface area contributed by atoms with Gasteiger partial charge in [-0.1, -0.05) is 83.8 Å². The summed E-state index contributed by atoms with van der Waals surface area (Å²) in [6.45, 7) is 11.7. The Kier molecular flexibility index (Phi) is 23.9. The van der Waals surface area contributed by atoms with E-state index < -0.39 is 74.3 Å². The number of unbranched alkanes of at least 4 members (excludes halogenated alkanes) is 2. The monoisotopic (exact) mass is 1040 g/mol. The van der Waals surface area contributed by atoms with Gasteiger partial charge in [-0.3, -0.25) is 38.6 Å². The Morgan fingerprint density at radius 1 is 0.750 bits per heavy atom. The molecule has 21 nitrogen and oxygen atoms in total. The second kappa shape index (κ2) is 28.7. The maximum Gasteiger partial charge on any atom is 0.414 e. The molecule has 0 fully saturated rings. The molecule has 23 heteroatoms. The number of likely N-dealkylation sites (N-methyl/N-ethyl adjacent to an activating group) is 2. The van der Waals surface area contributed by atoms with Crippen molar-refractivity contribution in [3.8, 4) is 0 Å².